The Morgan fingerprint density at radius 3 is 2.19 bits per heavy atom. The average molecular weight is 352 g/mol. The first-order valence-electron chi connectivity index (χ1n) is 7.87. The number of likely N-dealkylation sites (tertiary alicyclic amines) is 1. The molecule has 26 heavy (non-hydrogen) atoms. The molecule has 7 heteroatoms. The number of hydrogen-bond acceptors (Lipinski definition) is 5. The Labute approximate surface area is 149 Å². The number of aliphatic hydroxyl groups excluding tert-OH is 1. The minimum absolute atomic E-state index is 0.0322. The lowest BCUT2D eigenvalue weighted by molar-refractivity contribution is -0.384. The van der Waals surface area contributed by atoms with Crippen LogP contribution in [0.1, 0.15) is 22.7 Å². The van der Waals surface area contributed by atoms with Crippen LogP contribution in [0.3, 0.4) is 0 Å². The van der Waals surface area contributed by atoms with Crippen LogP contribution >= 0.6 is 0 Å². The summed E-state index contributed by atoms with van der Waals surface area (Å²) in [6, 6.07) is 11.7. The highest BCUT2D eigenvalue weighted by Gasteiger charge is 2.44. The van der Waals surface area contributed by atoms with Gasteiger partial charge in [-0.05, 0) is 24.6 Å². The topological polar surface area (TPSA) is 101 Å². The van der Waals surface area contributed by atoms with Gasteiger partial charge in [0, 0.05) is 24.7 Å². The van der Waals surface area contributed by atoms with Gasteiger partial charge in [-0.15, -0.1) is 0 Å². The molecule has 1 heterocycles. The molecule has 0 bridgehead atoms. The van der Waals surface area contributed by atoms with E-state index in [1.165, 1.54) is 36.2 Å². The Balaban J connectivity index is 2.13. The molecule has 1 saturated heterocycles. The summed E-state index contributed by atoms with van der Waals surface area (Å²) in [5.41, 5.74) is 1.79. The Bertz CT molecular complexity index is 929. The maximum atomic E-state index is 12.4. The second-order valence-corrected chi connectivity index (χ2v) is 6.12. The quantitative estimate of drug-likeness (QED) is 0.301. The number of carbonyl (C=O) groups excluding carboxylic acids is 2. The number of ketones is 1. The number of rotatable bonds is 3. The zero-order valence-electron chi connectivity index (χ0n) is 14.2. The largest absolute Gasteiger partial charge is 0.507 e. The van der Waals surface area contributed by atoms with E-state index in [0.717, 1.165) is 5.56 Å². The number of aryl methyl sites for hydroxylation is 1. The van der Waals surface area contributed by atoms with E-state index in [0.29, 0.717) is 11.1 Å². The number of nitro benzene ring substituents is 1. The normalized spacial score (nSPS) is 19.0. The number of nitro groups is 1. The van der Waals surface area contributed by atoms with Gasteiger partial charge < -0.3 is 10.0 Å². The zero-order valence-corrected chi connectivity index (χ0v) is 14.2. The SMILES string of the molecule is Cc1ccc(C(O)=C2C(=O)C(=O)N(C)[C@@H]2c2ccc([N+](=O)[O-])cc2)cc1. The molecule has 0 aliphatic carbocycles. The van der Waals surface area contributed by atoms with Crippen molar-refractivity contribution in [2.24, 2.45) is 0 Å². The summed E-state index contributed by atoms with van der Waals surface area (Å²) in [5, 5.41) is 21.5. The van der Waals surface area contributed by atoms with Gasteiger partial charge in [0.25, 0.3) is 17.4 Å². The number of benzene rings is 2. The fourth-order valence-corrected chi connectivity index (χ4v) is 2.98. The van der Waals surface area contributed by atoms with E-state index in [1.54, 1.807) is 24.3 Å². The molecule has 3 rings (SSSR count). The molecular formula is C19H16N2O5. The van der Waals surface area contributed by atoms with Gasteiger partial charge in [-0.3, -0.25) is 19.7 Å². The first-order valence-corrected chi connectivity index (χ1v) is 7.87. The standard InChI is InChI=1S/C19H16N2O5/c1-11-3-5-13(6-4-11)17(22)15-16(20(2)19(24)18(15)23)12-7-9-14(10-8-12)21(25)26/h3-10,16,22H,1-2H3/t16-/m1/s1. The predicted molar refractivity (Wildman–Crippen MR) is 94.3 cm³/mol. The minimum Gasteiger partial charge on any atom is -0.507 e. The van der Waals surface area contributed by atoms with Crippen molar-refractivity contribution in [3.05, 3.63) is 80.9 Å². The summed E-state index contributed by atoms with van der Waals surface area (Å²) >= 11 is 0. The van der Waals surface area contributed by atoms with Crippen molar-refractivity contribution in [3.63, 3.8) is 0 Å². The third-order valence-electron chi connectivity index (χ3n) is 4.42. The van der Waals surface area contributed by atoms with Gasteiger partial charge in [-0.25, -0.2) is 0 Å². The van der Waals surface area contributed by atoms with Crippen LogP contribution in [0.4, 0.5) is 5.69 Å². The summed E-state index contributed by atoms with van der Waals surface area (Å²) < 4.78 is 0. The third-order valence-corrected chi connectivity index (χ3v) is 4.42. The van der Waals surface area contributed by atoms with E-state index in [-0.39, 0.29) is 17.0 Å². The van der Waals surface area contributed by atoms with Crippen molar-refractivity contribution in [3.8, 4) is 0 Å². The van der Waals surface area contributed by atoms with Crippen LogP contribution in [-0.4, -0.2) is 33.7 Å². The van der Waals surface area contributed by atoms with Crippen molar-refractivity contribution in [2.45, 2.75) is 13.0 Å². The summed E-state index contributed by atoms with van der Waals surface area (Å²) in [7, 11) is 1.46. The van der Waals surface area contributed by atoms with Gasteiger partial charge in [0.15, 0.2) is 0 Å². The maximum Gasteiger partial charge on any atom is 0.295 e. The number of hydrogen-bond donors (Lipinski definition) is 1. The van der Waals surface area contributed by atoms with Crippen LogP contribution in [0.25, 0.3) is 5.76 Å². The Morgan fingerprint density at radius 2 is 1.65 bits per heavy atom. The second-order valence-electron chi connectivity index (χ2n) is 6.12. The Kier molecular flexibility index (Phi) is 4.29. The van der Waals surface area contributed by atoms with E-state index in [1.807, 2.05) is 6.92 Å². The molecular weight excluding hydrogens is 336 g/mol. The Hall–Kier alpha value is -3.48. The number of nitrogens with zero attached hydrogens (tertiary/aromatic N) is 2. The number of carbonyl (C=O) groups is 2. The van der Waals surface area contributed by atoms with Crippen molar-refractivity contribution in [1.29, 1.82) is 0 Å². The van der Waals surface area contributed by atoms with Gasteiger partial charge in [0.1, 0.15) is 5.76 Å². The number of non-ortho nitro benzene ring substituents is 1. The zero-order chi connectivity index (χ0) is 19.0. The van der Waals surface area contributed by atoms with Gasteiger partial charge in [0.2, 0.25) is 0 Å². The first-order chi connectivity index (χ1) is 12.3. The second kappa shape index (κ2) is 6.44. The van der Waals surface area contributed by atoms with Crippen molar-refractivity contribution in [2.75, 3.05) is 7.05 Å². The minimum atomic E-state index is -0.808. The first kappa shape index (κ1) is 17.3. The van der Waals surface area contributed by atoms with E-state index in [2.05, 4.69) is 0 Å². The average Bonchev–Trinajstić information content (AvgIpc) is 2.86. The van der Waals surface area contributed by atoms with E-state index < -0.39 is 22.7 Å². The molecule has 1 aliphatic rings. The van der Waals surface area contributed by atoms with Crippen LogP contribution in [-0.2, 0) is 9.59 Å². The van der Waals surface area contributed by atoms with Crippen LogP contribution in [0, 0.1) is 17.0 Å². The van der Waals surface area contributed by atoms with Crippen LogP contribution in [0.5, 0.6) is 0 Å². The number of likely N-dealkylation sites (N-methyl/N-ethyl adjacent to an activating group) is 1. The van der Waals surface area contributed by atoms with Crippen molar-refractivity contribution >= 4 is 23.1 Å². The monoisotopic (exact) mass is 352 g/mol. The molecule has 2 aromatic carbocycles. The van der Waals surface area contributed by atoms with Gasteiger partial charge in [-0.2, -0.15) is 0 Å². The highest BCUT2D eigenvalue weighted by atomic mass is 16.6. The van der Waals surface area contributed by atoms with Crippen LogP contribution in [0.2, 0.25) is 0 Å². The van der Waals surface area contributed by atoms with E-state index in [4.69, 9.17) is 0 Å². The molecule has 2 aromatic rings. The molecule has 0 radical (unpaired) electrons. The smallest absolute Gasteiger partial charge is 0.295 e. The summed E-state index contributed by atoms with van der Waals surface area (Å²) in [5.74, 6) is -1.79. The van der Waals surface area contributed by atoms with E-state index >= 15 is 0 Å². The highest BCUT2D eigenvalue weighted by Crippen LogP contribution is 2.38. The van der Waals surface area contributed by atoms with Gasteiger partial charge in [0.05, 0.1) is 16.5 Å². The molecule has 7 nitrogen and oxygen atoms in total. The number of aliphatic hydroxyl groups is 1. The number of amides is 1. The third kappa shape index (κ3) is 2.83. The molecule has 0 unspecified atom stereocenters. The van der Waals surface area contributed by atoms with Crippen molar-refractivity contribution in [1.82, 2.24) is 4.90 Å². The molecule has 0 spiro atoms. The predicted octanol–water partition coefficient (Wildman–Crippen LogP) is 2.95. The highest BCUT2D eigenvalue weighted by molar-refractivity contribution is 6.46. The molecule has 1 aliphatic heterocycles. The lowest BCUT2D eigenvalue weighted by Gasteiger charge is -2.20. The fraction of sp³-hybridized carbons (Fsp3) is 0.158. The molecule has 0 saturated carbocycles. The summed E-state index contributed by atoms with van der Waals surface area (Å²) in [6.45, 7) is 1.89. The number of Topliss-reactive ketones (excluding diaryl/α,β-unsaturated/α-hetero) is 1. The molecule has 1 amide bonds. The van der Waals surface area contributed by atoms with Crippen LogP contribution < -0.4 is 0 Å². The van der Waals surface area contributed by atoms with Crippen molar-refractivity contribution < 1.29 is 19.6 Å². The van der Waals surface area contributed by atoms with Gasteiger partial charge >= 0.3 is 0 Å². The molecule has 1 fully saturated rings. The van der Waals surface area contributed by atoms with Crippen LogP contribution in [0.15, 0.2) is 54.1 Å². The Morgan fingerprint density at radius 1 is 1.08 bits per heavy atom. The maximum absolute atomic E-state index is 12.4. The summed E-state index contributed by atoms with van der Waals surface area (Å²) in [4.78, 5) is 36.1. The molecule has 1 atom stereocenters. The molecule has 0 aromatic heterocycles. The van der Waals surface area contributed by atoms with Gasteiger partial charge in [-0.1, -0.05) is 29.8 Å². The lowest BCUT2D eigenvalue weighted by Crippen LogP contribution is -2.24. The lowest BCUT2D eigenvalue weighted by atomic mass is 9.95. The fourth-order valence-electron chi connectivity index (χ4n) is 2.98. The summed E-state index contributed by atoms with van der Waals surface area (Å²) in [6.07, 6.45) is 0. The molecule has 132 valence electrons. The van der Waals surface area contributed by atoms with E-state index in [9.17, 15) is 24.8 Å². The molecule has 1 N–H and O–H groups in total.